The molecule has 1 aromatic heterocycles. The van der Waals surface area contributed by atoms with Crippen LogP contribution in [0.15, 0.2) is 53.1 Å². The third-order valence-corrected chi connectivity index (χ3v) is 5.88. The first-order chi connectivity index (χ1) is 14.3. The highest BCUT2D eigenvalue weighted by Gasteiger charge is 2.27. The summed E-state index contributed by atoms with van der Waals surface area (Å²) in [6, 6.07) is 10.3. The van der Waals surface area contributed by atoms with E-state index in [1.165, 1.54) is 0 Å². The fraction of sp³-hybridized carbons (Fsp3) is 0.440. The fourth-order valence-corrected chi connectivity index (χ4v) is 4.36. The van der Waals surface area contributed by atoms with Crippen molar-refractivity contribution in [2.45, 2.75) is 45.4 Å². The largest absolute Gasteiger partial charge is 0.461 e. The Morgan fingerprint density at radius 1 is 1.27 bits per heavy atom. The van der Waals surface area contributed by atoms with Crippen LogP contribution < -0.4 is 10.6 Å². The van der Waals surface area contributed by atoms with Gasteiger partial charge in [-0.15, -0.1) is 0 Å². The van der Waals surface area contributed by atoms with E-state index in [9.17, 15) is 4.39 Å². The van der Waals surface area contributed by atoms with Crippen LogP contribution in [-0.4, -0.2) is 36.4 Å². The minimum absolute atomic E-state index is 0.00129. The molecule has 30 heavy (non-hydrogen) atoms. The number of nitrogens with one attached hydrogen (secondary N) is 2. The van der Waals surface area contributed by atoms with E-state index in [0.29, 0.717) is 12.5 Å². The molecule has 2 aliphatic heterocycles. The van der Waals surface area contributed by atoms with Crippen molar-refractivity contribution in [3.8, 4) is 11.3 Å². The zero-order chi connectivity index (χ0) is 21.3. The first kappa shape index (κ1) is 20.7. The van der Waals surface area contributed by atoms with E-state index in [1.54, 1.807) is 13.8 Å². The quantitative estimate of drug-likeness (QED) is 0.653. The molecular formula is C25H32FN3O. The average Bonchev–Trinajstić information content (AvgIpc) is 3.13. The monoisotopic (exact) mass is 409 g/mol. The topological polar surface area (TPSA) is 40.4 Å². The second kappa shape index (κ2) is 8.31. The van der Waals surface area contributed by atoms with Crippen LogP contribution in [0.1, 0.15) is 38.0 Å². The van der Waals surface area contributed by atoms with E-state index in [4.69, 9.17) is 4.42 Å². The molecule has 3 heterocycles. The molecule has 0 spiro atoms. The summed E-state index contributed by atoms with van der Waals surface area (Å²) in [5.41, 5.74) is 3.21. The predicted molar refractivity (Wildman–Crippen MR) is 122 cm³/mol. The molecule has 0 bridgehead atoms. The van der Waals surface area contributed by atoms with E-state index in [-0.39, 0.29) is 6.17 Å². The fourth-order valence-electron chi connectivity index (χ4n) is 4.36. The maximum Gasteiger partial charge on any atom is 0.134 e. The maximum atomic E-state index is 13.9. The van der Waals surface area contributed by atoms with E-state index in [1.807, 2.05) is 19.1 Å². The van der Waals surface area contributed by atoms with Crippen molar-refractivity contribution in [3.63, 3.8) is 0 Å². The molecule has 1 atom stereocenters. The predicted octanol–water partition coefficient (Wildman–Crippen LogP) is 5.58. The van der Waals surface area contributed by atoms with Gasteiger partial charge in [0, 0.05) is 29.4 Å². The smallest absolute Gasteiger partial charge is 0.134 e. The van der Waals surface area contributed by atoms with Gasteiger partial charge in [0.25, 0.3) is 0 Å². The summed E-state index contributed by atoms with van der Waals surface area (Å²) in [6.07, 6.45) is 6.29. The van der Waals surface area contributed by atoms with Gasteiger partial charge >= 0.3 is 0 Å². The Balaban J connectivity index is 1.34. The molecule has 0 saturated carbocycles. The number of piperidine rings is 1. The normalized spacial score (nSPS) is 19.9. The lowest BCUT2D eigenvalue weighted by Crippen LogP contribution is -2.43. The lowest BCUT2D eigenvalue weighted by molar-refractivity contribution is 0.0999. The number of alkyl halides is 1. The van der Waals surface area contributed by atoms with E-state index < -0.39 is 5.67 Å². The second-order valence-electron chi connectivity index (χ2n) is 9.13. The number of anilines is 1. The molecule has 4 rings (SSSR count). The standard InChI is InChI=1S/C25H32FN3O/c1-17-5-9-23(30-17)21-7-6-20-8-10-24(28-22(20)15-21)27-18(2)19-11-13-29(14-12-19)16-25(3,4)26/h5-10,15,19,24,27-28H,2,11-14,16H2,1,3-4H3. The van der Waals surface area contributed by atoms with Gasteiger partial charge < -0.3 is 20.0 Å². The van der Waals surface area contributed by atoms with E-state index >= 15 is 0 Å². The number of benzene rings is 1. The zero-order valence-electron chi connectivity index (χ0n) is 18.2. The van der Waals surface area contributed by atoms with Crippen molar-refractivity contribution in [1.29, 1.82) is 0 Å². The highest BCUT2D eigenvalue weighted by molar-refractivity contribution is 5.76. The molecule has 1 unspecified atom stereocenters. The van der Waals surface area contributed by atoms with Gasteiger partial charge in [-0.2, -0.15) is 0 Å². The number of aryl methyl sites for hydroxylation is 1. The van der Waals surface area contributed by atoms with Crippen molar-refractivity contribution < 1.29 is 8.81 Å². The Labute approximate surface area is 178 Å². The molecule has 2 N–H and O–H groups in total. The highest BCUT2D eigenvalue weighted by atomic mass is 19.1. The molecule has 1 saturated heterocycles. The maximum absolute atomic E-state index is 13.9. The van der Waals surface area contributed by atoms with Crippen LogP contribution in [-0.2, 0) is 0 Å². The van der Waals surface area contributed by atoms with Gasteiger partial charge in [-0.3, -0.25) is 0 Å². The number of hydrogen-bond donors (Lipinski definition) is 2. The summed E-state index contributed by atoms with van der Waals surface area (Å²) >= 11 is 0. The number of rotatable bonds is 6. The van der Waals surface area contributed by atoms with Crippen molar-refractivity contribution in [1.82, 2.24) is 10.2 Å². The number of furan rings is 1. The van der Waals surface area contributed by atoms with Gasteiger partial charge in [-0.25, -0.2) is 4.39 Å². The van der Waals surface area contributed by atoms with Crippen LogP contribution in [0.25, 0.3) is 17.4 Å². The van der Waals surface area contributed by atoms with Gasteiger partial charge in [0.15, 0.2) is 0 Å². The third kappa shape index (κ3) is 4.96. The third-order valence-electron chi connectivity index (χ3n) is 5.88. The molecule has 0 radical (unpaired) electrons. The molecule has 0 amide bonds. The molecule has 1 fully saturated rings. The summed E-state index contributed by atoms with van der Waals surface area (Å²) in [5, 5.41) is 7.11. The Bertz CT molecular complexity index is 932. The highest BCUT2D eigenvalue weighted by Crippen LogP contribution is 2.31. The zero-order valence-corrected chi connectivity index (χ0v) is 18.2. The number of likely N-dealkylation sites (tertiary alicyclic amines) is 1. The Morgan fingerprint density at radius 2 is 2.03 bits per heavy atom. The lowest BCUT2D eigenvalue weighted by Gasteiger charge is -2.36. The van der Waals surface area contributed by atoms with Crippen LogP contribution in [0, 0.1) is 12.8 Å². The average molecular weight is 410 g/mol. The molecular weight excluding hydrogens is 377 g/mol. The van der Waals surface area contributed by atoms with Crippen LogP contribution in [0.3, 0.4) is 0 Å². The number of hydrogen-bond acceptors (Lipinski definition) is 4. The van der Waals surface area contributed by atoms with Crippen LogP contribution in [0.4, 0.5) is 10.1 Å². The Morgan fingerprint density at radius 3 is 2.70 bits per heavy atom. The van der Waals surface area contributed by atoms with Crippen LogP contribution in [0.5, 0.6) is 0 Å². The van der Waals surface area contributed by atoms with Crippen molar-refractivity contribution in [2.75, 3.05) is 25.0 Å². The van der Waals surface area contributed by atoms with Crippen LogP contribution >= 0.6 is 0 Å². The van der Waals surface area contributed by atoms with Gasteiger partial charge in [0.1, 0.15) is 23.4 Å². The summed E-state index contributed by atoms with van der Waals surface area (Å²) in [6.45, 7) is 11.9. The molecule has 4 nitrogen and oxygen atoms in total. The van der Waals surface area contributed by atoms with Gasteiger partial charge in [-0.1, -0.05) is 24.8 Å². The summed E-state index contributed by atoms with van der Waals surface area (Å²) in [5.74, 6) is 2.20. The lowest BCUT2D eigenvalue weighted by atomic mass is 9.93. The van der Waals surface area contributed by atoms with Crippen LogP contribution in [0.2, 0.25) is 0 Å². The number of allylic oxidation sites excluding steroid dienone is 1. The van der Waals surface area contributed by atoms with Gasteiger partial charge in [-0.05, 0) is 76.5 Å². The van der Waals surface area contributed by atoms with Gasteiger partial charge in [0.05, 0.1) is 0 Å². The first-order valence-electron chi connectivity index (χ1n) is 10.8. The number of fused-ring (bicyclic) bond motifs is 1. The summed E-state index contributed by atoms with van der Waals surface area (Å²) < 4.78 is 19.7. The summed E-state index contributed by atoms with van der Waals surface area (Å²) in [4.78, 5) is 2.22. The molecule has 2 aromatic rings. The van der Waals surface area contributed by atoms with E-state index in [2.05, 4.69) is 52.5 Å². The van der Waals surface area contributed by atoms with Crippen molar-refractivity contribution in [2.24, 2.45) is 5.92 Å². The van der Waals surface area contributed by atoms with E-state index in [0.717, 1.165) is 60.0 Å². The molecule has 0 aliphatic carbocycles. The number of nitrogens with zero attached hydrogens (tertiary/aromatic N) is 1. The first-order valence-corrected chi connectivity index (χ1v) is 10.8. The van der Waals surface area contributed by atoms with Gasteiger partial charge in [0.2, 0.25) is 0 Å². The van der Waals surface area contributed by atoms with Crippen molar-refractivity contribution >= 4 is 11.8 Å². The minimum Gasteiger partial charge on any atom is -0.461 e. The SMILES string of the molecule is C=C(NC1C=Cc2ccc(-c3ccc(C)o3)cc2N1)C1CCN(CC(C)(C)F)CC1. The number of halogens is 1. The molecule has 2 aliphatic rings. The molecule has 1 aromatic carbocycles. The molecule has 160 valence electrons. The minimum atomic E-state index is -1.14. The second-order valence-corrected chi connectivity index (χ2v) is 9.13. The van der Waals surface area contributed by atoms with Crippen molar-refractivity contribution in [3.05, 3.63) is 60.0 Å². The Kier molecular flexibility index (Phi) is 5.74. The Hall–Kier alpha value is -2.53. The molecule has 5 heteroatoms. The summed E-state index contributed by atoms with van der Waals surface area (Å²) in [7, 11) is 0.